The Morgan fingerprint density at radius 1 is 1.23 bits per heavy atom. The zero-order chi connectivity index (χ0) is 15.9. The molecule has 1 aromatic rings. The van der Waals surface area contributed by atoms with Gasteiger partial charge in [-0.1, -0.05) is 6.07 Å². The lowest BCUT2D eigenvalue weighted by molar-refractivity contribution is 0.0633. The number of ether oxygens (including phenoxy) is 1. The monoisotopic (exact) mass is 306 g/mol. The maximum atomic E-state index is 12.6. The van der Waals surface area contributed by atoms with E-state index >= 15 is 0 Å². The smallest absolute Gasteiger partial charge is 0.254 e. The number of carbonyl (C=O) groups is 1. The van der Waals surface area contributed by atoms with E-state index in [-0.39, 0.29) is 12.5 Å². The summed E-state index contributed by atoms with van der Waals surface area (Å²) in [5.41, 5.74) is 1.73. The first-order valence-corrected chi connectivity index (χ1v) is 7.93. The molecule has 0 radical (unpaired) electrons. The lowest BCUT2D eigenvalue weighted by Crippen LogP contribution is -2.48. The molecule has 0 spiro atoms. The van der Waals surface area contributed by atoms with Gasteiger partial charge in [0.2, 0.25) is 0 Å². The predicted octanol–water partition coefficient (Wildman–Crippen LogP) is 1.53. The molecule has 0 bridgehead atoms. The minimum Gasteiger partial charge on any atom is -0.496 e. The minimum atomic E-state index is 0.0771. The average molecular weight is 306 g/mol. The minimum absolute atomic E-state index is 0.0771. The van der Waals surface area contributed by atoms with Crippen LogP contribution < -0.4 is 4.74 Å². The van der Waals surface area contributed by atoms with Gasteiger partial charge in [0.25, 0.3) is 5.91 Å². The molecule has 1 amide bonds. The number of unbranched alkanes of at least 4 members (excludes halogenated alkanes) is 1. The van der Waals surface area contributed by atoms with Crippen molar-refractivity contribution in [2.75, 3.05) is 46.4 Å². The van der Waals surface area contributed by atoms with Gasteiger partial charge >= 0.3 is 0 Å². The van der Waals surface area contributed by atoms with Crippen molar-refractivity contribution in [3.8, 4) is 5.75 Å². The molecule has 122 valence electrons. The summed E-state index contributed by atoms with van der Waals surface area (Å²) in [5.74, 6) is 0.835. The van der Waals surface area contributed by atoms with Gasteiger partial charge in [-0.15, -0.1) is 0 Å². The van der Waals surface area contributed by atoms with E-state index in [4.69, 9.17) is 9.84 Å². The highest BCUT2D eigenvalue weighted by Gasteiger charge is 2.22. The number of aliphatic hydroxyl groups is 1. The summed E-state index contributed by atoms with van der Waals surface area (Å²) in [5, 5.41) is 8.82. The molecule has 5 nitrogen and oxygen atoms in total. The number of benzene rings is 1. The number of nitrogens with zero attached hydrogens (tertiary/aromatic N) is 2. The first kappa shape index (κ1) is 16.8. The van der Waals surface area contributed by atoms with Crippen molar-refractivity contribution in [3.05, 3.63) is 29.3 Å². The largest absolute Gasteiger partial charge is 0.496 e. The Kier molecular flexibility index (Phi) is 6.21. The van der Waals surface area contributed by atoms with Gasteiger partial charge in [0.1, 0.15) is 5.75 Å². The van der Waals surface area contributed by atoms with E-state index in [1.807, 2.05) is 30.0 Å². The number of rotatable bonds is 6. The average Bonchev–Trinajstić information content (AvgIpc) is 2.55. The van der Waals surface area contributed by atoms with Crippen LogP contribution in [-0.2, 0) is 0 Å². The van der Waals surface area contributed by atoms with Crippen molar-refractivity contribution in [2.24, 2.45) is 0 Å². The molecule has 2 rings (SSSR count). The van der Waals surface area contributed by atoms with E-state index < -0.39 is 0 Å². The van der Waals surface area contributed by atoms with Crippen LogP contribution in [0, 0.1) is 6.92 Å². The summed E-state index contributed by atoms with van der Waals surface area (Å²) in [6.45, 7) is 6.55. The Morgan fingerprint density at radius 2 is 1.95 bits per heavy atom. The zero-order valence-electron chi connectivity index (χ0n) is 13.5. The number of aryl methyl sites for hydroxylation is 1. The Labute approximate surface area is 132 Å². The van der Waals surface area contributed by atoms with Crippen LogP contribution in [0.25, 0.3) is 0 Å². The second-order valence-electron chi connectivity index (χ2n) is 5.75. The molecule has 1 aromatic carbocycles. The molecule has 1 aliphatic rings. The molecule has 1 aliphatic heterocycles. The SMILES string of the molecule is COc1cc(C(=O)N2CCN(CCCCO)CC2)ccc1C. The van der Waals surface area contributed by atoms with Gasteiger partial charge in [-0.25, -0.2) is 0 Å². The maximum Gasteiger partial charge on any atom is 0.254 e. The van der Waals surface area contributed by atoms with Gasteiger partial charge in [0.05, 0.1) is 7.11 Å². The summed E-state index contributed by atoms with van der Waals surface area (Å²) in [7, 11) is 1.63. The number of carbonyl (C=O) groups excluding carboxylic acids is 1. The summed E-state index contributed by atoms with van der Waals surface area (Å²) in [6, 6.07) is 5.62. The molecule has 1 N–H and O–H groups in total. The molecule has 0 aliphatic carbocycles. The van der Waals surface area contributed by atoms with Crippen LogP contribution in [0.1, 0.15) is 28.8 Å². The van der Waals surface area contributed by atoms with Gasteiger partial charge in [-0.05, 0) is 44.0 Å². The van der Waals surface area contributed by atoms with Gasteiger partial charge in [-0.2, -0.15) is 0 Å². The topological polar surface area (TPSA) is 53.0 Å². The van der Waals surface area contributed by atoms with Crippen LogP contribution in [0.5, 0.6) is 5.75 Å². The fourth-order valence-corrected chi connectivity index (χ4v) is 2.76. The number of methoxy groups -OCH3 is 1. The van der Waals surface area contributed by atoms with E-state index in [0.29, 0.717) is 5.56 Å². The highest BCUT2D eigenvalue weighted by atomic mass is 16.5. The van der Waals surface area contributed by atoms with E-state index in [0.717, 1.165) is 56.9 Å². The number of hydrogen-bond donors (Lipinski definition) is 1. The predicted molar refractivity (Wildman–Crippen MR) is 86.4 cm³/mol. The van der Waals surface area contributed by atoms with E-state index in [1.54, 1.807) is 7.11 Å². The Bertz CT molecular complexity index is 497. The normalized spacial score (nSPS) is 15.9. The molecular formula is C17H26N2O3. The molecule has 0 atom stereocenters. The molecule has 22 heavy (non-hydrogen) atoms. The molecule has 1 heterocycles. The molecule has 5 heteroatoms. The second-order valence-corrected chi connectivity index (χ2v) is 5.75. The lowest BCUT2D eigenvalue weighted by atomic mass is 10.1. The van der Waals surface area contributed by atoms with Gasteiger partial charge in [0.15, 0.2) is 0 Å². The number of piperazine rings is 1. The van der Waals surface area contributed by atoms with Crippen LogP contribution in [0.2, 0.25) is 0 Å². The quantitative estimate of drug-likeness (QED) is 0.810. The number of aliphatic hydroxyl groups excluding tert-OH is 1. The van der Waals surface area contributed by atoms with Crippen LogP contribution >= 0.6 is 0 Å². The molecule has 1 saturated heterocycles. The highest BCUT2D eigenvalue weighted by Crippen LogP contribution is 2.20. The van der Waals surface area contributed by atoms with Gasteiger partial charge in [-0.3, -0.25) is 9.69 Å². The Morgan fingerprint density at radius 3 is 2.59 bits per heavy atom. The van der Waals surface area contributed by atoms with Crippen molar-refractivity contribution in [2.45, 2.75) is 19.8 Å². The zero-order valence-corrected chi connectivity index (χ0v) is 13.5. The number of amides is 1. The fourth-order valence-electron chi connectivity index (χ4n) is 2.76. The third-order valence-electron chi connectivity index (χ3n) is 4.20. The first-order chi connectivity index (χ1) is 10.7. The third kappa shape index (κ3) is 4.21. The van der Waals surface area contributed by atoms with Crippen molar-refractivity contribution in [3.63, 3.8) is 0 Å². The molecule has 0 saturated carbocycles. The number of hydrogen-bond acceptors (Lipinski definition) is 4. The van der Waals surface area contributed by atoms with E-state index in [9.17, 15) is 4.79 Å². The summed E-state index contributed by atoms with van der Waals surface area (Å²) in [4.78, 5) is 16.8. The van der Waals surface area contributed by atoms with E-state index in [1.165, 1.54) is 0 Å². The summed E-state index contributed by atoms with van der Waals surface area (Å²) >= 11 is 0. The third-order valence-corrected chi connectivity index (χ3v) is 4.20. The van der Waals surface area contributed by atoms with Gasteiger partial charge < -0.3 is 14.7 Å². The molecule has 0 unspecified atom stereocenters. The summed E-state index contributed by atoms with van der Waals surface area (Å²) in [6.07, 6.45) is 1.86. The lowest BCUT2D eigenvalue weighted by Gasteiger charge is -2.34. The van der Waals surface area contributed by atoms with Crippen LogP contribution in [0.3, 0.4) is 0 Å². The Hall–Kier alpha value is -1.59. The van der Waals surface area contributed by atoms with Crippen LogP contribution in [0.4, 0.5) is 0 Å². The van der Waals surface area contributed by atoms with Crippen molar-refractivity contribution in [1.29, 1.82) is 0 Å². The van der Waals surface area contributed by atoms with Crippen LogP contribution in [0.15, 0.2) is 18.2 Å². The molecular weight excluding hydrogens is 280 g/mol. The van der Waals surface area contributed by atoms with Crippen molar-refractivity contribution < 1.29 is 14.6 Å². The summed E-state index contributed by atoms with van der Waals surface area (Å²) < 4.78 is 5.30. The molecule has 0 aromatic heterocycles. The highest BCUT2D eigenvalue weighted by molar-refractivity contribution is 5.94. The fraction of sp³-hybridized carbons (Fsp3) is 0.588. The second kappa shape index (κ2) is 8.15. The molecule has 1 fully saturated rings. The van der Waals surface area contributed by atoms with Crippen molar-refractivity contribution >= 4 is 5.91 Å². The Balaban J connectivity index is 1.89. The maximum absolute atomic E-state index is 12.6. The standard InChI is InChI=1S/C17H26N2O3/c1-14-5-6-15(13-16(14)22-2)17(21)19-10-8-18(9-11-19)7-3-4-12-20/h5-6,13,20H,3-4,7-12H2,1-2H3. The van der Waals surface area contributed by atoms with Gasteiger partial charge in [0, 0.05) is 38.3 Å². The van der Waals surface area contributed by atoms with E-state index in [2.05, 4.69) is 4.90 Å². The van der Waals surface area contributed by atoms with Crippen LogP contribution in [-0.4, -0.2) is 67.3 Å². The first-order valence-electron chi connectivity index (χ1n) is 7.93. The van der Waals surface area contributed by atoms with Crippen molar-refractivity contribution in [1.82, 2.24) is 9.80 Å².